The quantitative estimate of drug-likeness (QED) is 0.0771. The molecule has 2 unspecified atom stereocenters. The van der Waals surface area contributed by atoms with Gasteiger partial charge in [0, 0.05) is 50.3 Å². The normalized spacial score (nSPS) is 16.7. The largest absolute Gasteiger partial charge is 0.462 e. The lowest BCUT2D eigenvalue weighted by Gasteiger charge is -2.24. The molecule has 5 heterocycles. The molecule has 0 radical (unpaired) electrons. The van der Waals surface area contributed by atoms with E-state index in [2.05, 4.69) is 158 Å². The van der Waals surface area contributed by atoms with E-state index in [1.54, 1.807) is 0 Å². The van der Waals surface area contributed by atoms with Crippen molar-refractivity contribution in [1.29, 1.82) is 0 Å². The summed E-state index contributed by atoms with van der Waals surface area (Å²) in [5.41, 5.74) is 7.12. The minimum Gasteiger partial charge on any atom is -0.462 e. The van der Waals surface area contributed by atoms with Crippen molar-refractivity contribution < 1.29 is 9.53 Å². The molecule has 0 aliphatic carbocycles. The molecule has 5 aliphatic heterocycles. The molecule has 5 aliphatic rings. The van der Waals surface area contributed by atoms with Gasteiger partial charge in [-0.1, -0.05) is 124 Å². The number of hydrogen-bond donors (Lipinski definition) is 0. The number of nitrogens with zero attached hydrogens (tertiary/aromatic N) is 8. The third kappa shape index (κ3) is 7.34. The number of esters is 1. The number of fused-ring (bicyclic) bond motifs is 20. The molecule has 0 aromatic heterocycles. The van der Waals surface area contributed by atoms with Crippen LogP contribution >= 0.6 is 11.9 Å². The van der Waals surface area contributed by atoms with Gasteiger partial charge in [-0.05, 0) is 123 Å². The first-order valence-electron chi connectivity index (χ1n) is 24.3. The molecule has 13 rings (SSSR count). The van der Waals surface area contributed by atoms with Crippen molar-refractivity contribution in [2.75, 3.05) is 5.75 Å². The summed E-state index contributed by atoms with van der Waals surface area (Å²) in [6.45, 7) is 4.28. The third-order valence-electron chi connectivity index (χ3n) is 13.9. The molecule has 10 nitrogen and oxygen atoms in total. The molecule has 0 saturated heterocycles. The highest BCUT2D eigenvalue weighted by Crippen LogP contribution is 2.40. The van der Waals surface area contributed by atoms with Gasteiger partial charge < -0.3 is 4.74 Å². The van der Waals surface area contributed by atoms with Crippen LogP contribution in [0.25, 0.3) is 43.1 Å². The summed E-state index contributed by atoms with van der Waals surface area (Å²) in [6.07, 6.45) is 4.41. The Morgan fingerprint density at radius 1 is 0.514 bits per heavy atom. The van der Waals surface area contributed by atoms with E-state index in [4.69, 9.17) is 39.7 Å². The Kier molecular flexibility index (Phi) is 10.4. The summed E-state index contributed by atoms with van der Waals surface area (Å²) in [5, 5.41) is 8.58. The Balaban J connectivity index is 1.04. The first kappa shape index (κ1) is 42.2. The van der Waals surface area contributed by atoms with Crippen molar-refractivity contribution in [2.24, 2.45) is 34.9 Å². The number of carbonyl (C=O) groups excluding carboxylic acids is 1. The number of benzene rings is 8. The number of carbonyl (C=O) groups is 1. The Bertz CT molecular complexity index is 3790. The van der Waals surface area contributed by atoms with Crippen LogP contribution in [0.5, 0.6) is 0 Å². The van der Waals surface area contributed by atoms with Crippen LogP contribution in [0.4, 0.5) is 0 Å². The number of ether oxygens (including phenoxy) is 1. The Hall–Kier alpha value is -7.89. The van der Waals surface area contributed by atoms with E-state index >= 15 is 0 Å². The fraction of sp³-hybridized carbons (Fsp3) is 0.186. The summed E-state index contributed by atoms with van der Waals surface area (Å²) in [7, 11) is 0. The van der Waals surface area contributed by atoms with Gasteiger partial charge in [-0.15, -0.1) is 0 Å². The van der Waals surface area contributed by atoms with Crippen molar-refractivity contribution in [1.82, 2.24) is 4.31 Å². The highest BCUT2D eigenvalue weighted by Gasteiger charge is 2.37. The van der Waals surface area contributed by atoms with Gasteiger partial charge in [0.05, 0.1) is 6.42 Å². The van der Waals surface area contributed by atoms with Gasteiger partial charge >= 0.3 is 5.97 Å². The van der Waals surface area contributed by atoms with Gasteiger partial charge in [-0.2, -0.15) is 0 Å². The SMILES string of the molecule is CCCCCC(CC)OC(=O)CCSN1C2=NC(=NC3=NC(=NC4N=C(N=C5N=C1c1cc6ccccc6cc15)c1cc5ccccc5cc14)c1cc4ccccc4cc13)c1cc3ccccc3cc12. The van der Waals surface area contributed by atoms with Gasteiger partial charge in [0.1, 0.15) is 6.10 Å². The molecule has 8 bridgehead atoms. The summed E-state index contributed by atoms with van der Waals surface area (Å²) in [6, 6.07) is 50.8. The minimum atomic E-state index is -0.633. The zero-order valence-corrected chi connectivity index (χ0v) is 39.6. The zero-order chi connectivity index (χ0) is 46.9. The predicted molar refractivity (Wildman–Crippen MR) is 288 cm³/mol. The molecular formula is C59H46N8O2S. The van der Waals surface area contributed by atoms with Gasteiger partial charge in [-0.25, -0.2) is 34.9 Å². The van der Waals surface area contributed by atoms with Crippen LogP contribution in [0.15, 0.2) is 181 Å². The first-order chi connectivity index (χ1) is 34.5. The van der Waals surface area contributed by atoms with Crippen LogP contribution in [0.2, 0.25) is 0 Å². The average Bonchev–Trinajstić information content (AvgIpc) is 4.12. The molecule has 0 saturated carbocycles. The second-order valence-electron chi connectivity index (χ2n) is 18.4. The molecule has 0 fully saturated rings. The number of hydrogen-bond acceptors (Lipinski definition) is 11. The van der Waals surface area contributed by atoms with Crippen molar-refractivity contribution in [3.05, 3.63) is 190 Å². The highest BCUT2D eigenvalue weighted by atomic mass is 32.2. The minimum absolute atomic E-state index is 0.100. The average molecular weight is 931 g/mol. The van der Waals surface area contributed by atoms with Crippen molar-refractivity contribution >= 4 is 102 Å². The number of aliphatic imine (C=N–C) groups is 7. The molecule has 0 spiro atoms. The Morgan fingerprint density at radius 2 is 0.914 bits per heavy atom. The van der Waals surface area contributed by atoms with Crippen LogP contribution in [-0.4, -0.2) is 63.0 Å². The summed E-state index contributed by atoms with van der Waals surface area (Å²) in [5.74, 6) is 4.17. The van der Waals surface area contributed by atoms with Crippen molar-refractivity contribution in [3.63, 3.8) is 0 Å². The van der Waals surface area contributed by atoms with E-state index < -0.39 is 6.17 Å². The number of rotatable bonds is 10. The maximum atomic E-state index is 13.7. The second kappa shape index (κ2) is 17.3. The van der Waals surface area contributed by atoms with Crippen LogP contribution in [0, 0.1) is 0 Å². The number of amidine groups is 7. The van der Waals surface area contributed by atoms with E-state index in [1.165, 1.54) is 11.9 Å². The highest BCUT2D eigenvalue weighted by molar-refractivity contribution is 7.98. The van der Waals surface area contributed by atoms with E-state index in [0.29, 0.717) is 46.6 Å². The molecule has 8 aromatic rings. The van der Waals surface area contributed by atoms with Crippen LogP contribution in [-0.2, 0) is 9.53 Å². The Labute approximate surface area is 409 Å². The molecular weight excluding hydrogens is 885 g/mol. The molecule has 2 atom stereocenters. The molecule has 340 valence electrons. The lowest BCUT2D eigenvalue weighted by atomic mass is 9.99. The monoisotopic (exact) mass is 930 g/mol. The first-order valence-corrected chi connectivity index (χ1v) is 25.3. The van der Waals surface area contributed by atoms with Crippen LogP contribution in [0.1, 0.15) is 103 Å². The van der Waals surface area contributed by atoms with E-state index in [1.807, 2.05) is 6.07 Å². The number of unbranched alkanes of at least 4 members (excludes halogenated alkanes) is 2. The van der Waals surface area contributed by atoms with E-state index in [9.17, 15) is 4.79 Å². The topological polar surface area (TPSA) is 116 Å². The molecule has 0 amide bonds. The van der Waals surface area contributed by atoms with Crippen LogP contribution < -0.4 is 0 Å². The smallest absolute Gasteiger partial charge is 0.306 e. The third-order valence-corrected chi connectivity index (χ3v) is 14.9. The van der Waals surface area contributed by atoms with Crippen LogP contribution in [0.3, 0.4) is 0 Å². The van der Waals surface area contributed by atoms with Gasteiger partial charge in [0.25, 0.3) is 0 Å². The summed E-state index contributed by atoms with van der Waals surface area (Å²) < 4.78 is 8.18. The van der Waals surface area contributed by atoms with Gasteiger partial charge in [0.15, 0.2) is 47.0 Å². The van der Waals surface area contributed by atoms with Gasteiger partial charge in [-0.3, -0.25) is 9.10 Å². The van der Waals surface area contributed by atoms with E-state index in [0.717, 1.165) is 120 Å². The molecule has 8 aromatic carbocycles. The lowest BCUT2D eigenvalue weighted by Crippen LogP contribution is -2.32. The summed E-state index contributed by atoms with van der Waals surface area (Å²) >= 11 is 1.50. The maximum Gasteiger partial charge on any atom is 0.306 e. The molecule has 11 heteroatoms. The lowest BCUT2D eigenvalue weighted by molar-refractivity contribution is -0.149. The summed E-state index contributed by atoms with van der Waals surface area (Å²) in [4.78, 5) is 51.5. The zero-order valence-electron chi connectivity index (χ0n) is 38.8. The Morgan fingerprint density at radius 3 is 1.40 bits per heavy atom. The predicted octanol–water partition coefficient (Wildman–Crippen LogP) is 12.9. The van der Waals surface area contributed by atoms with Gasteiger partial charge in [0.2, 0.25) is 0 Å². The fourth-order valence-electron chi connectivity index (χ4n) is 10.2. The van der Waals surface area contributed by atoms with E-state index in [-0.39, 0.29) is 18.5 Å². The van der Waals surface area contributed by atoms with Crippen molar-refractivity contribution in [2.45, 2.75) is 64.6 Å². The molecule has 0 N–H and O–H groups in total. The second-order valence-corrected chi connectivity index (χ2v) is 19.4. The fourth-order valence-corrected chi connectivity index (χ4v) is 11.2. The standard InChI is InChI=1S/C59H46N8O2S/c1-3-5-6-23-42(4-2)69-51(68)24-25-70-67-58-49-32-40-21-13-11-19-38(40)30-47(49)56(65-58)63-54-45-28-36-17-9-7-15-34(36)26-43(45)52(61-54)60-53-44-27-35-16-8-10-18-37(35)29-46(44)55(62-53)64-57-48-31-39-20-12-14-22-41(39)33-50(48)59(67)66-57/h7-22,26-33,42,52H,3-6,23-25H2,1-2H3. The molecule has 70 heavy (non-hydrogen) atoms. The van der Waals surface area contributed by atoms with Crippen molar-refractivity contribution in [3.8, 4) is 0 Å². The maximum absolute atomic E-state index is 13.7.